The number of benzene rings is 3. The highest BCUT2D eigenvalue weighted by Crippen LogP contribution is 2.37. The van der Waals surface area contributed by atoms with Gasteiger partial charge in [-0.05, 0) is 66.3 Å². The smallest absolute Gasteiger partial charge is 0.297 e. The van der Waals surface area contributed by atoms with Crippen LogP contribution in [0.4, 0.5) is 0 Å². The van der Waals surface area contributed by atoms with E-state index in [0.29, 0.717) is 17.3 Å². The Labute approximate surface area is 197 Å². The van der Waals surface area contributed by atoms with Gasteiger partial charge in [0.1, 0.15) is 6.04 Å². The predicted octanol–water partition coefficient (Wildman–Crippen LogP) is 6.18. The molecule has 1 saturated carbocycles. The molecule has 5 nitrogen and oxygen atoms in total. The number of carbonyl (C=O) groups is 1. The Kier molecular flexibility index (Phi) is 5.67. The molecule has 0 aliphatic heterocycles. The van der Waals surface area contributed by atoms with Gasteiger partial charge in [0.15, 0.2) is 11.6 Å². The summed E-state index contributed by atoms with van der Waals surface area (Å²) < 4.78 is 3.10. The highest BCUT2D eigenvalue weighted by molar-refractivity contribution is 6.30. The first-order valence-corrected chi connectivity index (χ1v) is 11.8. The monoisotopic (exact) mass is 459 g/mol. The van der Waals surface area contributed by atoms with Crippen molar-refractivity contribution in [3.05, 3.63) is 87.8 Å². The van der Waals surface area contributed by atoms with Crippen LogP contribution >= 0.6 is 11.6 Å². The van der Waals surface area contributed by atoms with E-state index in [1.807, 2.05) is 30.3 Å². The lowest BCUT2D eigenvalue weighted by molar-refractivity contribution is -0.122. The average Bonchev–Trinajstić information content (AvgIpc) is 3.60. The topological polar surface area (TPSA) is 56.9 Å². The Morgan fingerprint density at radius 3 is 2.45 bits per heavy atom. The maximum absolute atomic E-state index is 13.3. The molecule has 1 aliphatic rings. The minimum absolute atomic E-state index is 0.000590. The molecule has 1 heterocycles. The molecule has 168 valence electrons. The molecular weight excluding hydrogens is 434 g/mol. The van der Waals surface area contributed by atoms with E-state index in [2.05, 4.69) is 36.3 Å². The molecule has 1 fully saturated rings. The molecule has 6 heteroatoms. The number of hydrogen-bond acceptors (Lipinski definition) is 3. The number of ketones is 1. The van der Waals surface area contributed by atoms with Crippen molar-refractivity contribution < 1.29 is 4.79 Å². The van der Waals surface area contributed by atoms with Gasteiger partial charge < -0.3 is 0 Å². The van der Waals surface area contributed by atoms with E-state index in [1.165, 1.54) is 4.68 Å². The maximum Gasteiger partial charge on any atom is 0.347 e. The number of halogens is 1. The van der Waals surface area contributed by atoms with Gasteiger partial charge in [-0.3, -0.25) is 9.36 Å². The Balaban J connectivity index is 1.44. The van der Waals surface area contributed by atoms with Crippen LogP contribution in [0.3, 0.4) is 0 Å². The minimum atomic E-state index is -0.638. The fourth-order valence-electron chi connectivity index (χ4n) is 4.50. The summed E-state index contributed by atoms with van der Waals surface area (Å²) in [5, 5.41) is 7.58. The third-order valence-electron chi connectivity index (χ3n) is 6.54. The van der Waals surface area contributed by atoms with Crippen molar-refractivity contribution in [2.45, 2.75) is 51.1 Å². The van der Waals surface area contributed by atoms with E-state index in [1.54, 1.807) is 23.6 Å². The van der Waals surface area contributed by atoms with Gasteiger partial charge in [-0.25, -0.2) is 9.48 Å². The van der Waals surface area contributed by atoms with Crippen LogP contribution in [0.25, 0.3) is 22.2 Å². The second-order valence-corrected chi connectivity index (χ2v) is 9.41. The van der Waals surface area contributed by atoms with Crippen molar-refractivity contribution >= 4 is 28.2 Å². The molecule has 0 saturated heterocycles. The van der Waals surface area contributed by atoms with E-state index in [0.717, 1.165) is 34.7 Å². The lowest BCUT2D eigenvalue weighted by Gasteiger charge is -2.16. The van der Waals surface area contributed by atoms with Gasteiger partial charge in [-0.1, -0.05) is 61.0 Å². The molecule has 0 bridgehead atoms. The van der Waals surface area contributed by atoms with Crippen molar-refractivity contribution in [1.82, 2.24) is 14.3 Å². The van der Waals surface area contributed by atoms with Crippen molar-refractivity contribution in [2.24, 2.45) is 0 Å². The van der Waals surface area contributed by atoms with E-state index >= 15 is 0 Å². The second-order valence-electron chi connectivity index (χ2n) is 8.97. The van der Waals surface area contributed by atoms with Crippen molar-refractivity contribution in [1.29, 1.82) is 0 Å². The molecule has 2 atom stereocenters. The number of rotatable bonds is 7. The molecule has 0 radical (unpaired) electrons. The zero-order chi connectivity index (χ0) is 23.1. The van der Waals surface area contributed by atoms with Crippen LogP contribution in [0.2, 0.25) is 5.02 Å². The summed E-state index contributed by atoms with van der Waals surface area (Å²) in [6, 6.07) is 21.2. The highest BCUT2D eigenvalue weighted by Gasteiger charge is 2.32. The molecular formula is C27H26ClN3O2. The number of aromatic nitrogens is 3. The van der Waals surface area contributed by atoms with E-state index in [4.69, 9.17) is 11.6 Å². The van der Waals surface area contributed by atoms with Crippen LogP contribution in [0.5, 0.6) is 0 Å². The van der Waals surface area contributed by atoms with E-state index in [9.17, 15) is 9.59 Å². The molecule has 0 spiro atoms. The summed E-state index contributed by atoms with van der Waals surface area (Å²) in [7, 11) is 0. The standard InChI is InChI=1S/C27H26ClN3O2/c1-17(23-9-5-7-19-6-3-4-8-24(19)23)16-25(32)18(2)31-27(33)30(22-14-15-22)26(29-31)20-10-12-21(28)13-11-20/h3-13,17-18,22H,14-16H2,1-2H3/t17-,18?/m1/s1. The van der Waals surface area contributed by atoms with Gasteiger partial charge >= 0.3 is 5.69 Å². The molecule has 1 unspecified atom stereocenters. The van der Waals surface area contributed by atoms with Gasteiger partial charge in [0.2, 0.25) is 0 Å². The zero-order valence-corrected chi connectivity index (χ0v) is 19.5. The van der Waals surface area contributed by atoms with Crippen LogP contribution < -0.4 is 5.69 Å². The van der Waals surface area contributed by atoms with Gasteiger partial charge in [0.05, 0.1) is 0 Å². The number of carbonyl (C=O) groups excluding carboxylic acids is 1. The number of Topliss-reactive ketones (excluding diaryl/α,β-unsaturated/α-hetero) is 1. The summed E-state index contributed by atoms with van der Waals surface area (Å²) in [4.78, 5) is 26.5. The van der Waals surface area contributed by atoms with Crippen LogP contribution in [0, 0.1) is 0 Å². The van der Waals surface area contributed by atoms with Gasteiger partial charge in [0, 0.05) is 23.0 Å². The normalized spacial score (nSPS) is 15.5. The quantitative estimate of drug-likeness (QED) is 0.331. The van der Waals surface area contributed by atoms with Crippen molar-refractivity contribution in [3.63, 3.8) is 0 Å². The number of fused-ring (bicyclic) bond motifs is 1. The van der Waals surface area contributed by atoms with Crippen LogP contribution in [0.15, 0.2) is 71.5 Å². The number of hydrogen-bond donors (Lipinski definition) is 0. The maximum atomic E-state index is 13.3. The largest absolute Gasteiger partial charge is 0.347 e. The summed E-state index contributed by atoms with van der Waals surface area (Å²) in [5.41, 5.74) is 1.75. The molecule has 5 rings (SSSR count). The highest BCUT2D eigenvalue weighted by atomic mass is 35.5. The van der Waals surface area contributed by atoms with E-state index in [-0.39, 0.29) is 23.4 Å². The Morgan fingerprint density at radius 2 is 1.73 bits per heavy atom. The third-order valence-corrected chi connectivity index (χ3v) is 6.79. The first-order chi connectivity index (χ1) is 15.9. The first-order valence-electron chi connectivity index (χ1n) is 11.4. The van der Waals surface area contributed by atoms with Crippen molar-refractivity contribution in [2.75, 3.05) is 0 Å². The lowest BCUT2D eigenvalue weighted by atomic mass is 9.90. The summed E-state index contributed by atoms with van der Waals surface area (Å²) in [6.45, 7) is 3.84. The molecule has 0 N–H and O–H groups in total. The lowest BCUT2D eigenvalue weighted by Crippen LogP contribution is -2.31. The van der Waals surface area contributed by atoms with Crippen LogP contribution in [-0.4, -0.2) is 20.1 Å². The Bertz CT molecular complexity index is 1380. The fourth-order valence-corrected chi connectivity index (χ4v) is 4.63. The number of nitrogens with zero attached hydrogens (tertiary/aromatic N) is 3. The third kappa shape index (κ3) is 4.13. The Hall–Kier alpha value is -3.18. The molecule has 1 aromatic heterocycles. The molecule has 33 heavy (non-hydrogen) atoms. The van der Waals surface area contributed by atoms with Gasteiger partial charge in [-0.2, -0.15) is 0 Å². The van der Waals surface area contributed by atoms with Crippen molar-refractivity contribution in [3.8, 4) is 11.4 Å². The predicted molar refractivity (Wildman–Crippen MR) is 132 cm³/mol. The summed E-state index contributed by atoms with van der Waals surface area (Å²) in [6.07, 6.45) is 2.24. The second kappa shape index (κ2) is 8.64. The van der Waals surface area contributed by atoms with E-state index < -0.39 is 6.04 Å². The summed E-state index contributed by atoms with van der Waals surface area (Å²) >= 11 is 6.04. The fraction of sp³-hybridized carbons (Fsp3) is 0.296. The van der Waals surface area contributed by atoms with Gasteiger partial charge in [-0.15, -0.1) is 5.10 Å². The molecule has 3 aromatic carbocycles. The Morgan fingerprint density at radius 1 is 1.03 bits per heavy atom. The summed E-state index contributed by atoms with van der Waals surface area (Å²) in [5.74, 6) is 0.629. The zero-order valence-electron chi connectivity index (χ0n) is 18.7. The average molecular weight is 460 g/mol. The molecule has 4 aromatic rings. The first kappa shape index (κ1) is 21.7. The minimum Gasteiger partial charge on any atom is -0.297 e. The van der Waals surface area contributed by atoms with Crippen LogP contribution in [-0.2, 0) is 4.79 Å². The molecule has 0 amide bonds. The molecule has 1 aliphatic carbocycles. The van der Waals surface area contributed by atoms with Gasteiger partial charge in [0.25, 0.3) is 0 Å². The van der Waals surface area contributed by atoms with Crippen LogP contribution in [0.1, 0.15) is 56.7 Å². The SMILES string of the molecule is CC(C(=O)C[C@@H](C)c1cccc2ccccc12)n1nc(-c2ccc(Cl)cc2)n(C2CC2)c1=O.